The molecule has 0 heterocycles. The molecule has 3 nitrogen and oxygen atoms in total. The van der Waals surface area contributed by atoms with E-state index in [9.17, 15) is 22.8 Å². The normalized spacial score (nSPS) is 14.6. The van der Waals surface area contributed by atoms with E-state index >= 15 is 0 Å². The summed E-state index contributed by atoms with van der Waals surface area (Å²) in [6.45, 7) is 0. The first kappa shape index (κ1) is 17.3. The third-order valence-electron chi connectivity index (χ3n) is 3.75. The fourth-order valence-electron chi connectivity index (χ4n) is 2.64. The van der Waals surface area contributed by atoms with E-state index in [1.54, 1.807) is 36.4 Å². The van der Waals surface area contributed by atoms with Gasteiger partial charge in [-0.15, -0.1) is 0 Å². The van der Waals surface area contributed by atoms with Gasteiger partial charge in [0.1, 0.15) is 5.70 Å². The van der Waals surface area contributed by atoms with Crippen LogP contribution in [0.3, 0.4) is 0 Å². The Bertz CT molecular complexity index is 875. The van der Waals surface area contributed by atoms with Crippen LogP contribution in [0.5, 0.6) is 0 Å². The number of anilines is 1. The number of Topliss-reactive ketones (excluding diaryl/α,β-unsaturated/α-hetero) is 2. The van der Waals surface area contributed by atoms with Crippen LogP contribution < -0.4 is 4.90 Å². The van der Waals surface area contributed by atoms with Gasteiger partial charge in [-0.2, -0.15) is 13.2 Å². The Hall–Kier alpha value is -2.54. The molecular formula is C18H12F3NO2S. The van der Waals surface area contributed by atoms with Crippen molar-refractivity contribution in [2.45, 2.75) is 5.51 Å². The number of nitrogens with zero attached hydrogens (tertiary/aromatic N) is 1. The summed E-state index contributed by atoms with van der Waals surface area (Å²) in [7, 11) is 1.47. The molecule has 0 radical (unpaired) electrons. The van der Waals surface area contributed by atoms with Gasteiger partial charge in [0.05, 0.1) is 4.91 Å². The van der Waals surface area contributed by atoms with E-state index in [1.807, 2.05) is 0 Å². The monoisotopic (exact) mass is 363 g/mol. The predicted octanol–water partition coefficient (Wildman–Crippen LogP) is 4.67. The number of ketones is 2. The standard InChI is InChI=1S/C18H12F3NO2S/c1-22(11-7-3-2-4-8-11)14-15(23)12-9-5-6-10-13(12)16(24)17(14)25-18(19,20)21/h2-10H,1H3. The fraction of sp³-hybridized carbons (Fsp3) is 0.111. The highest BCUT2D eigenvalue weighted by Gasteiger charge is 2.41. The molecule has 0 saturated heterocycles. The number of para-hydroxylation sites is 1. The van der Waals surface area contributed by atoms with Gasteiger partial charge in [-0.25, -0.2) is 0 Å². The second-order valence-electron chi connectivity index (χ2n) is 5.32. The molecule has 0 atom stereocenters. The van der Waals surface area contributed by atoms with Crippen molar-refractivity contribution in [2.75, 3.05) is 11.9 Å². The predicted molar refractivity (Wildman–Crippen MR) is 90.6 cm³/mol. The van der Waals surface area contributed by atoms with Gasteiger partial charge in [-0.05, 0) is 23.9 Å². The molecule has 0 aromatic heterocycles. The number of benzene rings is 2. The zero-order chi connectivity index (χ0) is 18.2. The first-order valence-electron chi connectivity index (χ1n) is 7.27. The van der Waals surface area contributed by atoms with Crippen LogP contribution in [0.2, 0.25) is 0 Å². The van der Waals surface area contributed by atoms with E-state index in [2.05, 4.69) is 0 Å². The van der Waals surface area contributed by atoms with E-state index in [0.29, 0.717) is 5.69 Å². The van der Waals surface area contributed by atoms with Gasteiger partial charge in [0.2, 0.25) is 11.6 Å². The maximum atomic E-state index is 13.0. The van der Waals surface area contributed by atoms with Crippen molar-refractivity contribution < 1.29 is 22.8 Å². The minimum atomic E-state index is -4.68. The average molecular weight is 363 g/mol. The van der Waals surface area contributed by atoms with Crippen LogP contribution in [-0.4, -0.2) is 24.1 Å². The summed E-state index contributed by atoms with van der Waals surface area (Å²) in [4.78, 5) is 26.2. The van der Waals surface area contributed by atoms with E-state index < -0.39 is 33.7 Å². The van der Waals surface area contributed by atoms with Gasteiger partial charge in [0.25, 0.3) is 0 Å². The Kier molecular flexibility index (Phi) is 4.43. The number of hydrogen-bond donors (Lipinski definition) is 0. The van der Waals surface area contributed by atoms with Gasteiger partial charge < -0.3 is 4.90 Å². The number of rotatable bonds is 3. The van der Waals surface area contributed by atoms with Crippen LogP contribution in [0.1, 0.15) is 20.7 Å². The molecule has 2 aromatic rings. The largest absolute Gasteiger partial charge is 0.446 e. The molecule has 128 valence electrons. The maximum absolute atomic E-state index is 13.0. The smallest absolute Gasteiger partial charge is 0.340 e. The Balaban J connectivity index is 2.19. The number of carbonyl (C=O) groups is 2. The zero-order valence-corrected chi connectivity index (χ0v) is 13.8. The minimum Gasteiger partial charge on any atom is -0.340 e. The van der Waals surface area contributed by atoms with Crippen molar-refractivity contribution >= 4 is 29.0 Å². The van der Waals surface area contributed by atoms with Crippen LogP contribution in [0.4, 0.5) is 18.9 Å². The van der Waals surface area contributed by atoms with Gasteiger partial charge in [-0.1, -0.05) is 42.5 Å². The summed E-state index contributed by atoms with van der Waals surface area (Å²) < 4.78 is 39.0. The number of thioether (sulfide) groups is 1. The summed E-state index contributed by atoms with van der Waals surface area (Å²) in [5.74, 6) is -1.40. The van der Waals surface area contributed by atoms with Crippen LogP contribution in [-0.2, 0) is 0 Å². The summed E-state index contributed by atoms with van der Waals surface area (Å²) in [5.41, 5.74) is -4.34. The average Bonchev–Trinajstić information content (AvgIpc) is 2.59. The van der Waals surface area contributed by atoms with Crippen LogP contribution in [0.25, 0.3) is 0 Å². The molecule has 0 spiro atoms. The SMILES string of the molecule is CN(C1=C(SC(F)(F)F)C(=O)c2ccccc2C1=O)c1ccccc1. The van der Waals surface area contributed by atoms with Crippen molar-refractivity contribution in [3.63, 3.8) is 0 Å². The van der Waals surface area contributed by atoms with E-state index in [1.165, 1.54) is 30.1 Å². The quantitative estimate of drug-likeness (QED) is 0.794. The number of carbonyl (C=O) groups excluding carboxylic acids is 2. The number of allylic oxidation sites excluding steroid dienone is 2. The van der Waals surface area contributed by atoms with Gasteiger partial charge in [0.15, 0.2) is 0 Å². The summed E-state index contributed by atoms with van der Waals surface area (Å²) in [5, 5.41) is 0. The fourth-order valence-corrected chi connectivity index (χ4v) is 3.40. The highest BCUT2D eigenvalue weighted by Crippen LogP contribution is 2.43. The molecule has 0 amide bonds. The van der Waals surface area contributed by atoms with E-state index in [0.717, 1.165) is 0 Å². The molecule has 7 heteroatoms. The number of hydrogen-bond acceptors (Lipinski definition) is 4. The van der Waals surface area contributed by atoms with Crippen molar-refractivity contribution in [1.82, 2.24) is 0 Å². The van der Waals surface area contributed by atoms with Crippen molar-refractivity contribution in [1.29, 1.82) is 0 Å². The maximum Gasteiger partial charge on any atom is 0.446 e. The van der Waals surface area contributed by atoms with Crippen LogP contribution >= 0.6 is 11.8 Å². The zero-order valence-electron chi connectivity index (χ0n) is 13.0. The number of fused-ring (bicyclic) bond motifs is 1. The molecule has 3 rings (SSSR count). The van der Waals surface area contributed by atoms with Crippen LogP contribution in [0.15, 0.2) is 65.2 Å². The third kappa shape index (κ3) is 3.32. The van der Waals surface area contributed by atoms with Crippen LogP contribution in [0, 0.1) is 0 Å². The Morgan fingerprint density at radius 2 is 1.36 bits per heavy atom. The number of halogens is 3. The first-order valence-corrected chi connectivity index (χ1v) is 8.08. The topological polar surface area (TPSA) is 37.4 Å². The summed E-state index contributed by atoms with van der Waals surface area (Å²) >= 11 is -0.548. The molecule has 1 aliphatic rings. The van der Waals surface area contributed by atoms with Crippen molar-refractivity contribution in [3.05, 3.63) is 76.3 Å². The highest BCUT2D eigenvalue weighted by molar-refractivity contribution is 8.04. The lowest BCUT2D eigenvalue weighted by molar-refractivity contribution is -0.0322. The molecule has 0 fully saturated rings. The molecule has 0 saturated carbocycles. The van der Waals surface area contributed by atoms with Gasteiger partial charge in [-0.3, -0.25) is 9.59 Å². The molecule has 0 bridgehead atoms. The summed E-state index contributed by atoms with van der Waals surface area (Å²) in [6, 6.07) is 14.4. The Morgan fingerprint density at radius 1 is 0.840 bits per heavy atom. The lowest BCUT2D eigenvalue weighted by atomic mass is 9.92. The number of alkyl halides is 3. The third-order valence-corrected chi connectivity index (χ3v) is 4.56. The Morgan fingerprint density at radius 3 is 1.92 bits per heavy atom. The lowest BCUT2D eigenvalue weighted by Crippen LogP contribution is -2.32. The molecule has 0 N–H and O–H groups in total. The molecular weight excluding hydrogens is 351 g/mol. The second-order valence-corrected chi connectivity index (χ2v) is 6.40. The van der Waals surface area contributed by atoms with Crippen molar-refractivity contribution in [2.24, 2.45) is 0 Å². The lowest BCUT2D eigenvalue weighted by Gasteiger charge is -2.28. The summed E-state index contributed by atoms with van der Waals surface area (Å²) in [6.07, 6.45) is 0. The van der Waals surface area contributed by atoms with Gasteiger partial charge >= 0.3 is 5.51 Å². The second kappa shape index (κ2) is 6.40. The van der Waals surface area contributed by atoms with Gasteiger partial charge in [0, 0.05) is 23.9 Å². The Labute approximate surface area is 146 Å². The first-order chi connectivity index (χ1) is 11.8. The molecule has 1 aliphatic carbocycles. The highest BCUT2D eigenvalue weighted by atomic mass is 32.2. The molecule has 25 heavy (non-hydrogen) atoms. The van der Waals surface area contributed by atoms with Crippen molar-refractivity contribution in [3.8, 4) is 0 Å². The number of likely N-dealkylation sites (N-methyl/N-ethyl adjacent to an activating group) is 1. The van der Waals surface area contributed by atoms with E-state index in [-0.39, 0.29) is 16.8 Å². The molecule has 0 unspecified atom stereocenters. The minimum absolute atomic E-state index is 0.00976. The molecule has 2 aromatic carbocycles. The molecule has 0 aliphatic heterocycles. The van der Waals surface area contributed by atoms with E-state index in [4.69, 9.17) is 0 Å².